The summed E-state index contributed by atoms with van der Waals surface area (Å²) in [5.74, 6) is 0. The second kappa shape index (κ2) is 7.58. The molecule has 7 heteroatoms. The first-order valence-corrected chi connectivity index (χ1v) is 7.92. The number of anilines is 1. The van der Waals surface area contributed by atoms with E-state index in [1.807, 2.05) is 6.92 Å². The van der Waals surface area contributed by atoms with Crippen molar-refractivity contribution in [2.24, 2.45) is 0 Å². The number of aliphatic hydroxyl groups excluding tert-OH is 1. The molecule has 6 nitrogen and oxygen atoms in total. The summed E-state index contributed by atoms with van der Waals surface area (Å²) in [5.41, 5.74) is 7.67. The Labute approximate surface area is 120 Å². The molecule has 0 amide bonds. The highest BCUT2D eigenvalue weighted by Gasteiger charge is 2.17. The van der Waals surface area contributed by atoms with E-state index in [0.29, 0.717) is 24.3 Å². The Morgan fingerprint density at radius 2 is 2.00 bits per heavy atom. The predicted octanol–water partition coefficient (Wildman–Crippen LogP) is 0.563. The highest BCUT2D eigenvalue weighted by atomic mass is 32.2. The molecule has 0 unspecified atom stereocenters. The van der Waals surface area contributed by atoms with Gasteiger partial charge in [0.15, 0.2) is 0 Å². The van der Waals surface area contributed by atoms with Crippen LogP contribution in [0.25, 0.3) is 0 Å². The van der Waals surface area contributed by atoms with Crippen LogP contribution in [0.15, 0.2) is 17.0 Å². The van der Waals surface area contributed by atoms with Gasteiger partial charge >= 0.3 is 0 Å². The molecular formula is C13H22N2O4S. The minimum atomic E-state index is -3.56. The average molecular weight is 302 g/mol. The average Bonchev–Trinajstić information content (AvgIpc) is 2.37. The lowest BCUT2D eigenvalue weighted by molar-refractivity contribution is 0.0913. The van der Waals surface area contributed by atoms with Gasteiger partial charge in [0.2, 0.25) is 10.0 Å². The third kappa shape index (κ3) is 4.75. The highest BCUT2D eigenvalue weighted by molar-refractivity contribution is 7.89. The second-order valence-corrected chi connectivity index (χ2v) is 6.28. The maximum absolute atomic E-state index is 12.2. The number of hydrogen-bond donors (Lipinski definition) is 3. The lowest BCUT2D eigenvalue weighted by Gasteiger charge is -2.12. The summed E-state index contributed by atoms with van der Waals surface area (Å²) in [6.07, 6.45) is 0.541. The SMILES string of the molecule is Cc1cc(N)cc(S(=O)(=O)NCCCOCCO)c1C. The van der Waals surface area contributed by atoms with Gasteiger partial charge in [-0.15, -0.1) is 0 Å². The van der Waals surface area contributed by atoms with Crippen molar-refractivity contribution in [2.75, 3.05) is 32.1 Å². The van der Waals surface area contributed by atoms with Crippen molar-refractivity contribution < 1.29 is 18.3 Å². The lowest BCUT2D eigenvalue weighted by Crippen LogP contribution is -2.26. The van der Waals surface area contributed by atoms with Gasteiger partial charge in [0, 0.05) is 18.8 Å². The zero-order valence-corrected chi connectivity index (χ0v) is 12.7. The van der Waals surface area contributed by atoms with Crippen molar-refractivity contribution in [1.29, 1.82) is 0 Å². The van der Waals surface area contributed by atoms with E-state index in [9.17, 15) is 8.42 Å². The van der Waals surface area contributed by atoms with Crippen LogP contribution in [0.3, 0.4) is 0 Å². The van der Waals surface area contributed by atoms with Gasteiger partial charge in [-0.25, -0.2) is 13.1 Å². The Bertz CT molecular complexity index is 544. The first-order valence-electron chi connectivity index (χ1n) is 6.43. The summed E-state index contributed by atoms with van der Waals surface area (Å²) in [6.45, 7) is 4.49. The molecule has 0 bridgehead atoms. The summed E-state index contributed by atoms with van der Waals surface area (Å²) in [4.78, 5) is 0.214. The number of nitrogens with two attached hydrogens (primary N) is 1. The van der Waals surface area contributed by atoms with Gasteiger partial charge < -0.3 is 15.6 Å². The smallest absolute Gasteiger partial charge is 0.240 e. The third-order valence-corrected chi connectivity index (χ3v) is 4.51. The maximum Gasteiger partial charge on any atom is 0.240 e. The lowest BCUT2D eigenvalue weighted by atomic mass is 10.1. The number of nitrogens with one attached hydrogen (secondary N) is 1. The molecule has 0 atom stereocenters. The molecule has 0 spiro atoms. The van der Waals surface area contributed by atoms with Crippen LogP contribution in [0, 0.1) is 13.8 Å². The molecule has 0 aliphatic carbocycles. The quantitative estimate of drug-likeness (QED) is 0.481. The van der Waals surface area contributed by atoms with Gasteiger partial charge in [0.1, 0.15) is 0 Å². The molecule has 0 saturated heterocycles. The number of rotatable bonds is 8. The first-order chi connectivity index (χ1) is 9.38. The summed E-state index contributed by atoms with van der Waals surface area (Å²) >= 11 is 0. The van der Waals surface area contributed by atoms with Crippen LogP contribution in [0.2, 0.25) is 0 Å². The fraction of sp³-hybridized carbons (Fsp3) is 0.538. The summed E-state index contributed by atoms with van der Waals surface area (Å²) in [7, 11) is -3.56. The van der Waals surface area contributed by atoms with Gasteiger partial charge in [-0.1, -0.05) is 0 Å². The van der Waals surface area contributed by atoms with E-state index in [0.717, 1.165) is 5.56 Å². The van der Waals surface area contributed by atoms with Crippen LogP contribution in [0.4, 0.5) is 5.69 Å². The normalized spacial score (nSPS) is 11.8. The Hall–Kier alpha value is -1.15. The number of hydrogen-bond acceptors (Lipinski definition) is 5. The largest absolute Gasteiger partial charge is 0.399 e. The topological polar surface area (TPSA) is 102 Å². The number of nitrogen functional groups attached to an aromatic ring is 1. The molecule has 0 fully saturated rings. The van der Waals surface area contributed by atoms with E-state index in [1.54, 1.807) is 13.0 Å². The Morgan fingerprint density at radius 3 is 2.65 bits per heavy atom. The molecule has 1 aromatic rings. The van der Waals surface area contributed by atoms with Crippen molar-refractivity contribution in [3.63, 3.8) is 0 Å². The number of aryl methyl sites for hydroxylation is 1. The maximum atomic E-state index is 12.2. The van der Waals surface area contributed by atoms with Gasteiger partial charge in [-0.05, 0) is 43.5 Å². The van der Waals surface area contributed by atoms with Gasteiger partial charge in [0.05, 0.1) is 18.1 Å². The van der Waals surface area contributed by atoms with Crippen LogP contribution in [0.1, 0.15) is 17.5 Å². The molecular weight excluding hydrogens is 280 g/mol. The predicted molar refractivity (Wildman–Crippen MR) is 78.0 cm³/mol. The van der Waals surface area contributed by atoms with Gasteiger partial charge in [-0.3, -0.25) is 0 Å². The van der Waals surface area contributed by atoms with Crippen LogP contribution >= 0.6 is 0 Å². The standard InChI is InChI=1S/C13H22N2O4S/c1-10-8-12(14)9-13(11(10)2)20(17,18)15-4-3-6-19-7-5-16/h8-9,15-16H,3-7,14H2,1-2H3. The first kappa shape index (κ1) is 16.9. The molecule has 20 heavy (non-hydrogen) atoms. The fourth-order valence-corrected chi connectivity index (χ4v) is 3.18. The molecule has 0 saturated carbocycles. The van der Waals surface area contributed by atoms with E-state index in [4.69, 9.17) is 15.6 Å². The monoisotopic (exact) mass is 302 g/mol. The van der Waals surface area contributed by atoms with E-state index in [1.165, 1.54) is 6.07 Å². The molecule has 0 heterocycles. The minimum Gasteiger partial charge on any atom is -0.399 e. The number of ether oxygens (including phenoxy) is 1. The van der Waals surface area contributed by atoms with Gasteiger partial charge in [-0.2, -0.15) is 0 Å². The van der Waals surface area contributed by atoms with Crippen LogP contribution in [-0.4, -0.2) is 39.9 Å². The number of benzene rings is 1. The van der Waals surface area contributed by atoms with E-state index in [2.05, 4.69) is 4.72 Å². The molecule has 0 aromatic heterocycles. The zero-order valence-electron chi connectivity index (χ0n) is 11.8. The van der Waals surface area contributed by atoms with Crippen molar-refractivity contribution >= 4 is 15.7 Å². The molecule has 0 aliphatic rings. The number of aliphatic hydroxyl groups is 1. The van der Waals surface area contributed by atoms with Crippen LogP contribution in [-0.2, 0) is 14.8 Å². The summed E-state index contributed by atoms with van der Waals surface area (Å²) in [6, 6.07) is 3.21. The van der Waals surface area contributed by atoms with Crippen molar-refractivity contribution in [3.05, 3.63) is 23.3 Å². The van der Waals surface area contributed by atoms with Crippen LogP contribution in [0.5, 0.6) is 0 Å². The van der Waals surface area contributed by atoms with Gasteiger partial charge in [0.25, 0.3) is 0 Å². The molecule has 1 aromatic carbocycles. The Morgan fingerprint density at radius 1 is 1.30 bits per heavy atom. The van der Waals surface area contributed by atoms with E-state index in [-0.39, 0.29) is 24.7 Å². The minimum absolute atomic E-state index is 0.0342. The molecule has 114 valence electrons. The zero-order chi connectivity index (χ0) is 15.2. The third-order valence-electron chi connectivity index (χ3n) is 2.92. The van der Waals surface area contributed by atoms with Crippen molar-refractivity contribution in [1.82, 2.24) is 4.72 Å². The highest BCUT2D eigenvalue weighted by Crippen LogP contribution is 2.22. The van der Waals surface area contributed by atoms with Crippen molar-refractivity contribution in [3.8, 4) is 0 Å². The van der Waals surface area contributed by atoms with Crippen LogP contribution < -0.4 is 10.5 Å². The van der Waals surface area contributed by atoms with Crippen molar-refractivity contribution in [2.45, 2.75) is 25.2 Å². The number of sulfonamides is 1. The molecule has 1 rings (SSSR count). The molecule has 0 aliphatic heterocycles. The Kier molecular flexibility index (Phi) is 6.41. The summed E-state index contributed by atoms with van der Waals surface area (Å²) in [5, 5.41) is 8.53. The van der Waals surface area contributed by atoms with E-state index < -0.39 is 10.0 Å². The second-order valence-electron chi connectivity index (χ2n) is 4.55. The fourth-order valence-electron chi connectivity index (χ4n) is 1.76. The summed E-state index contributed by atoms with van der Waals surface area (Å²) < 4.78 is 32.0. The molecule has 4 N–H and O–H groups in total. The van der Waals surface area contributed by atoms with E-state index >= 15 is 0 Å². The Balaban J connectivity index is 2.65. The molecule has 0 radical (unpaired) electrons.